The van der Waals surface area contributed by atoms with E-state index >= 15 is 0 Å². The van der Waals surface area contributed by atoms with E-state index in [1.807, 2.05) is 6.07 Å². The number of carbonyl (C=O) groups excluding carboxylic acids is 2. The van der Waals surface area contributed by atoms with Crippen LogP contribution >= 0.6 is 0 Å². The maximum atomic E-state index is 13.8. The molecule has 0 aliphatic heterocycles. The summed E-state index contributed by atoms with van der Waals surface area (Å²) in [6, 6.07) is 11.3. The van der Waals surface area contributed by atoms with Crippen molar-refractivity contribution in [3.8, 4) is 17.2 Å². The molecule has 14 heteroatoms. The first-order valence-electron chi connectivity index (χ1n) is 12.1. The van der Waals surface area contributed by atoms with Crippen molar-refractivity contribution >= 4 is 39.4 Å². The number of benzene rings is 2. The molecule has 0 atom stereocenters. The Kier molecular flexibility index (Phi) is 6.58. The lowest BCUT2D eigenvalue weighted by Crippen LogP contribution is -2.46. The molecule has 0 spiro atoms. The second kappa shape index (κ2) is 9.94. The third kappa shape index (κ3) is 4.89. The van der Waals surface area contributed by atoms with Gasteiger partial charge in [-0.05, 0) is 35.4 Å². The number of nitrogens with two attached hydrogens (primary N) is 1. The molecule has 0 aliphatic carbocycles. The summed E-state index contributed by atoms with van der Waals surface area (Å²) in [5.74, 6) is -0.663. The number of hydrazine groups is 1. The predicted octanol–water partition coefficient (Wildman–Crippen LogP) is 3.95. The summed E-state index contributed by atoms with van der Waals surface area (Å²) in [4.78, 5) is 30.6. The molecule has 5 aromatic rings. The van der Waals surface area contributed by atoms with Gasteiger partial charge in [0.2, 0.25) is 5.91 Å². The number of aromatic nitrogens is 5. The fraction of sp³-hybridized carbons (Fsp3) is 0.185. The molecule has 0 saturated carbocycles. The van der Waals surface area contributed by atoms with E-state index < -0.39 is 18.1 Å². The van der Waals surface area contributed by atoms with Crippen molar-refractivity contribution in [2.24, 2.45) is 7.05 Å². The average Bonchev–Trinajstić information content (AvgIpc) is 3.59. The highest BCUT2D eigenvalue weighted by atomic mass is 19.4. The summed E-state index contributed by atoms with van der Waals surface area (Å²) in [5, 5.41) is 21.0. The third-order valence-corrected chi connectivity index (χ3v) is 6.73. The van der Waals surface area contributed by atoms with Crippen LogP contribution < -0.4 is 5.73 Å². The molecule has 208 valence electrons. The van der Waals surface area contributed by atoms with E-state index in [1.165, 1.54) is 37.2 Å². The van der Waals surface area contributed by atoms with Gasteiger partial charge in [0.1, 0.15) is 5.82 Å². The molecule has 0 unspecified atom stereocenters. The number of fused-ring (bicyclic) bond motifs is 3. The van der Waals surface area contributed by atoms with Gasteiger partial charge >= 0.3 is 6.30 Å². The highest BCUT2D eigenvalue weighted by molar-refractivity contribution is 6.10. The van der Waals surface area contributed by atoms with Crippen LogP contribution in [0.5, 0.6) is 0 Å². The van der Waals surface area contributed by atoms with Gasteiger partial charge in [-0.25, -0.2) is 9.99 Å². The van der Waals surface area contributed by atoms with Crippen LogP contribution in [0.1, 0.15) is 28.4 Å². The Morgan fingerprint density at radius 1 is 1.07 bits per heavy atom. The molecule has 0 fully saturated rings. The highest BCUT2D eigenvalue weighted by Gasteiger charge is 2.32. The van der Waals surface area contributed by atoms with Crippen molar-refractivity contribution in [2.45, 2.75) is 19.8 Å². The lowest BCUT2D eigenvalue weighted by atomic mass is 10.0. The summed E-state index contributed by atoms with van der Waals surface area (Å²) in [5.41, 5.74) is 8.54. The number of aryl methyl sites for hydroxylation is 1. The minimum absolute atomic E-state index is 0.117. The van der Waals surface area contributed by atoms with Gasteiger partial charge in [-0.3, -0.25) is 19.3 Å². The van der Waals surface area contributed by atoms with Crippen molar-refractivity contribution < 1.29 is 22.8 Å². The summed E-state index contributed by atoms with van der Waals surface area (Å²) in [6.07, 6.45) is -1.23. The Bertz CT molecular complexity index is 1890. The number of amides is 2. The van der Waals surface area contributed by atoms with Crippen LogP contribution in [0.3, 0.4) is 0 Å². The van der Waals surface area contributed by atoms with E-state index in [9.17, 15) is 28.0 Å². The first kappa shape index (κ1) is 27.1. The second-order valence-corrected chi connectivity index (χ2v) is 9.29. The Labute approximate surface area is 230 Å². The zero-order valence-electron chi connectivity index (χ0n) is 22.0. The van der Waals surface area contributed by atoms with Crippen LogP contribution in [0, 0.1) is 11.3 Å². The van der Waals surface area contributed by atoms with E-state index in [0.29, 0.717) is 38.8 Å². The lowest BCUT2D eigenvalue weighted by molar-refractivity contribution is -0.212. The van der Waals surface area contributed by atoms with Gasteiger partial charge in [-0.15, -0.1) is 13.2 Å². The average molecular weight is 562 g/mol. The quantitative estimate of drug-likeness (QED) is 0.328. The SMILES string of the molecule is CC(=O)N(C)N(Cc1ccc(-c2cnn(C(F)(F)F)c2)cc1C#N)C(=O)c1ccc2nc(N)c3cnn(C)c3c2c1. The number of pyridine rings is 1. The van der Waals surface area contributed by atoms with Crippen LogP contribution in [-0.2, 0) is 24.7 Å². The molecule has 11 nitrogen and oxygen atoms in total. The van der Waals surface area contributed by atoms with Crippen molar-refractivity contribution in [1.29, 1.82) is 5.26 Å². The predicted molar refractivity (Wildman–Crippen MR) is 142 cm³/mol. The first-order valence-corrected chi connectivity index (χ1v) is 12.1. The van der Waals surface area contributed by atoms with Gasteiger partial charge in [0.25, 0.3) is 5.91 Å². The van der Waals surface area contributed by atoms with Gasteiger partial charge in [-0.1, -0.05) is 12.1 Å². The Morgan fingerprint density at radius 3 is 2.49 bits per heavy atom. The lowest BCUT2D eigenvalue weighted by Gasteiger charge is -2.31. The number of nitrogen functional groups attached to an aromatic ring is 1. The van der Waals surface area contributed by atoms with Gasteiger partial charge in [0.05, 0.1) is 47.0 Å². The third-order valence-electron chi connectivity index (χ3n) is 6.73. The normalized spacial score (nSPS) is 11.5. The number of rotatable bonds is 4. The van der Waals surface area contributed by atoms with E-state index in [4.69, 9.17) is 5.73 Å². The highest BCUT2D eigenvalue weighted by Crippen LogP contribution is 2.30. The van der Waals surface area contributed by atoms with Crippen molar-refractivity contribution in [1.82, 2.24) is 34.6 Å². The molecular weight excluding hydrogens is 539 g/mol. The molecule has 5 rings (SSSR count). The van der Waals surface area contributed by atoms with Crippen LogP contribution in [-0.4, -0.2) is 53.4 Å². The molecule has 2 amide bonds. The van der Waals surface area contributed by atoms with E-state index in [1.54, 1.807) is 36.1 Å². The van der Waals surface area contributed by atoms with Crippen molar-refractivity contribution in [3.05, 3.63) is 71.7 Å². The monoisotopic (exact) mass is 561 g/mol. The summed E-state index contributed by atoms with van der Waals surface area (Å²) in [7, 11) is 3.17. The smallest absolute Gasteiger partial charge is 0.383 e. The number of hydrogen-bond donors (Lipinski definition) is 1. The molecule has 2 N–H and O–H groups in total. The van der Waals surface area contributed by atoms with Crippen molar-refractivity contribution in [2.75, 3.05) is 12.8 Å². The maximum absolute atomic E-state index is 13.8. The molecule has 0 aliphatic rings. The van der Waals surface area contributed by atoms with Gasteiger partial charge in [0.15, 0.2) is 0 Å². The number of hydrogen-bond acceptors (Lipinski definition) is 7. The number of nitriles is 1. The fourth-order valence-electron chi connectivity index (χ4n) is 4.49. The molecule has 0 saturated heterocycles. The molecule has 41 heavy (non-hydrogen) atoms. The van der Waals surface area contributed by atoms with Crippen LogP contribution in [0.15, 0.2) is 55.0 Å². The summed E-state index contributed by atoms with van der Waals surface area (Å²) in [6.45, 7) is 1.12. The Balaban J connectivity index is 1.53. The number of anilines is 1. The molecule has 0 bridgehead atoms. The van der Waals surface area contributed by atoms with Gasteiger partial charge < -0.3 is 5.73 Å². The number of carbonyl (C=O) groups is 2. The summed E-state index contributed by atoms with van der Waals surface area (Å²) >= 11 is 0. The molecular formula is C27H22F3N9O2. The van der Waals surface area contributed by atoms with Crippen LogP contribution in [0.4, 0.5) is 19.0 Å². The largest absolute Gasteiger partial charge is 0.504 e. The number of nitrogens with zero attached hydrogens (tertiary/aromatic N) is 8. The van der Waals surface area contributed by atoms with Crippen LogP contribution in [0.2, 0.25) is 0 Å². The standard InChI is InChI=1S/C27H22F3N9O2/c1-15(40)37(3)38(13-18-5-4-16(8-19(18)10-31)20-11-34-39(14-20)27(28,29)30)26(41)17-6-7-23-21(9-17)24-22(25(32)35-23)12-33-36(24)2/h4-9,11-12,14H,13H2,1-3H3,(H2,32,35). The molecule has 3 aromatic heterocycles. The Hall–Kier alpha value is -5.45. The number of halogens is 3. The van der Waals surface area contributed by atoms with Crippen molar-refractivity contribution in [3.63, 3.8) is 0 Å². The second-order valence-electron chi connectivity index (χ2n) is 9.29. The van der Waals surface area contributed by atoms with E-state index in [-0.39, 0.29) is 27.9 Å². The minimum Gasteiger partial charge on any atom is -0.383 e. The zero-order valence-corrected chi connectivity index (χ0v) is 22.0. The van der Waals surface area contributed by atoms with Gasteiger partial charge in [0, 0.05) is 43.7 Å². The first-order chi connectivity index (χ1) is 19.4. The van der Waals surface area contributed by atoms with Crippen LogP contribution in [0.25, 0.3) is 32.9 Å². The molecule has 2 aromatic carbocycles. The minimum atomic E-state index is -4.68. The fourth-order valence-corrected chi connectivity index (χ4v) is 4.49. The number of alkyl halides is 3. The van der Waals surface area contributed by atoms with Gasteiger partial charge in [-0.2, -0.15) is 20.1 Å². The topological polar surface area (TPSA) is 139 Å². The maximum Gasteiger partial charge on any atom is 0.504 e. The summed E-state index contributed by atoms with van der Waals surface area (Å²) < 4.78 is 40.4. The Morgan fingerprint density at radius 2 is 1.83 bits per heavy atom. The molecule has 0 radical (unpaired) electrons. The zero-order chi connectivity index (χ0) is 29.6. The van der Waals surface area contributed by atoms with E-state index in [0.717, 1.165) is 17.4 Å². The van der Waals surface area contributed by atoms with E-state index in [2.05, 4.69) is 15.2 Å². The molecule has 3 heterocycles.